The Hall–Kier alpha value is -2.38. The van der Waals surface area contributed by atoms with E-state index in [1.54, 1.807) is 12.3 Å². The summed E-state index contributed by atoms with van der Waals surface area (Å²) in [5, 5.41) is 19.4. The van der Waals surface area contributed by atoms with Crippen molar-refractivity contribution in [2.75, 3.05) is 24.8 Å². The quantitative estimate of drug-likeness (QED) is 0.876. The molecule has 4 rings (SSSR count). The Morgan fingerprint density at radius 3 is 2.71 bits per heavy atom. The number of nitrogens with zero attached hydrogens (tertiary/aromatic N) is 3. The van der Waals surface area contributed by atoms with Crippen LogP contribution in [0.1, 0.15) is 17.7 Å². The monoisotopic (exact) mass is 329 g/mol. The van der Waals surface area contributed by atoms with Crippen molar-refractivity contribution in [2.45, 2.75) is 26.1 Å². The molecule has 0 bridgehead atoms. The number of hydrogen-bond acceptors (Lipinski definition) is 7. The van der Waals surface area contributed by atoms with Gasteiger partial charge in [0.05, 0.1) is 18.4 Å². The highest BCUT2D eigenvalue weighted by atomic mass is 16.7. The molecule has 1 saturated heterocycles. The number of hydrogen-bond donors (Lipinski definition) is 2. The van der Waals surface area contributed by atoms with Gasteiger partial charge in [0.15, 0.2) is 11.5 Å². The number of rotatable bonds is 3. The van der Waals surface area contributed by atoms with E-state index >= 15 is 0 Å². The highest BCUT2D eigenvalue weighted by molar-refractivity contribution is 5.73. The molecule has 7 nitrogen and oxygen atoms in total. The molecule has 1 aromatic heterocycles. The van der Waals surface area contributed by atoms with Crippen LogP contribution in [0.3, 0.4) is 0 Å². The average Bonchev–Trinajstić information content (AvgIpc) is 3.21. The summed E-state index contributed by atoms with van der Waals surface area (Å²) in [6, 6.07) is 3.65. The van der Waals surface area contributed by atoms with Crippen molar-refractivity contribution in [3.63, 3.8) is 0 Å². The third-order valence-electron chi connectivity index (χ3n) is 4.47. The van der Waals surface area contributed by atoms with Gasteiger partial charge in [-0.3, -0.25) is 0 Å². The number of aliphatic hydroxyl groups excluding tert-OH is 2. The van der Waals surface area contributed by atoms with Gasteiger partial charge in [-0.15, -0.1) is 0 Å². The van der Waals surface area contributed by atoms with Crippen molar-refractivity contribution in [3.8, 4) is 22.6 Å². The van der Waals surface area contributed by atoms with Gasteiger partial charge in [-0.2, -0.15) is 0 Å². The van der Waals surface area contributed by atoms with Crippen molar-refractivity contribution in [1.82, 2.24) is 9.97 Å². The van der Waals surface area contributed by atoms with Crippen molar-refractivity contribution in [2.24, 2.45) is 0 Å². The molecule has 0 aliphatic carbocycles. The van der Waals surface area contributed by atoms with E-state index in [-0.39, 0.29) is 19.5 Å². The summed E-state index contributed by atoms with van der Waals surface area (Å²) < 4.78 is 10.8. The Bertz CT molecular complexity index is 781. The Morgan fingerprint density at radius 1 is 1.25 bits per heavy atom. The fourth-order valence-corrected chi connectivity index (χ4v) is 3.16. The number of fused-ring (bicyclic) bond motifs is 1. The van der Waals surface area contributed by atoms with E-state index in [0.717, 1.165) is 35.3 Å². The normalized spacial score (nSPS) is 19.1. The van der Waals surface area contributed by atoms with Crippen LogP contribution in [0, 0.1) is 6.92 Å². The lowest BCUT2D eigenvalue weighted by Crippen LogP contribution is -2.23. The Kier molecular flexibility index (Phi) is 3.74. The van der Waals surface area contributed by atoms with E-state index in [1.807, 2.05) is 17.9 Å². The summed E-state index contributed by atoms with van der Waals surface area (Å²) in [4.78, 5) is 11.0. The predicted molar refractivity (Wildman–Crippen MR) is 87.1 cm³/mol. The second-order valence-electron chi connectivity index (χ2n) is 6.08. The topological polar surface area (TPSA) is 87.9 Å². The van der Waals surface area contributed by atoms with Crippen LogP contribution in [0.25, 0.3) is 11.1 Å². The van der Waals surface area contributed by atoms with Gasteiger partial charge in [-0.1, -0.05) is 0 Å². The molecule has 126 valence electrons. The maximum atomic E-state index is 9.69. The molecule has 7 heteroatoms. The van der Waals surface area contributed by atoms with Gasteiger partial charge in [0, 0.05) is 24.8 Å². The number of aromatic nitrogens is 2. The lowest BCUT2D eigenvalue weighted by molar-refractivity contribution is 0.174. The molecule has 1 fully saturated rings. The van der Waals surface area contributed by atoms with Gasteiger partial charge in [0.2, 0.25) is 12.7 Å². The number of aliphatic hydroxyl groups is 2. The first-order valence-electron chi connectivity index (χ1n) is 7.96. The summed E-state index contributed by atoms with van der Waals surface area (Å²) in [7, 11) is 0. The highest BCUT2D eigenvalue weighted by Crippen LogP contribution is 2.39. The lowest BCUT2D eigenvalue weighted by Gasteiger charge is -2.17. The molecule has 0 saturated carbocycles. The molecule has 24 heavy (non-hydrogen) atoms. The van der Waals surface area contributed by atoms with Crippen LogP contribution in [0.4, 0.5) is 5.95 Å². The summed E-state index contributed by atoms with van der Waals surface area (Å²) in [5.74, 6) is 1.93. The second kappa shape index (κ2) is 5.92. The van der Waals surface area contributed by atoms with E-state index < -0.39 is 0 Å². The lowest BCUT2D eigenvalue weighted by atomic mass is 9.99. The molecule has 0 unspecified atom stereocenters. The smallest absolute Gasteiger partial charge is 0.231 e. The summed E-state index contributed by atoms with van der Waals surface area (Å²) >= 11 is 0. The van der Waals surface area contributed by atoms with Gasteiger partial charge in [0.1, 0.15) is 0 Å². The molecule has 2 N–H and O–H groups in total. The minimum Gasteiger partial charge on any atom is -0.454 e. The average molecular weight is 329 g/mol. The zero-order valence-electron chi connectivity index (χ0n) is 13.4. The molecule has 2 aliphatic rings. The van der Waals surface area contributed by atoms with Crippen LogP contribution in [-0.2, 0) is 6.61 Å². The van der Waals surface area contributed by atoms with E-state index in [4.69, 9.17) is 9.47 Å². The first-order valence-corrected chi connectivity index (χ1v) is 7.96. The van der Waals surface area contributed by atoms with Gasteiger partial charge in [-0.05, 0) is 36.6 Å². The standard InChI is InChI=1S/C17H19N3O4/c1-10-14(6-18-17(19-10)20-3-2-12(22)7-20)13-5-16-15(23-9-24-16)4-11(13)8-21/h4-6,12,21-22H,2-3,7-9H2,1H3/t12-/m1/s1. The largest absolute Gasteiger partial charge is 0.454 e. The van der Waals surface area contributed by atoms with E-state index in [1.165, 1.54) is 0 Å². The SMILES string of the molecule is Cc1nc(N2CC[C@@H](O)C2)ncc1-c1cc2c(cc1CO)OCO2. The van der Waals surface area contributed by atoms with Gasteiger partial charge < -0.3 is 24.6 Å². The summed E-state index contributed by atoms with van der Waals surface area (Å²) in [6.07, 6.45) is 2.18. The number of ether oxygens (including phenoxy) is 2. The van der Waals surface area contributed by atoms with E-state index in [0.29, 0.717) is 24.0 Å². The molecule has 0 amide bonds. The highest BCUT2D eigenvalue weighted by Gasteiger charge is 2.24. The molecular formula is C17H19N3O4. The third kappa shape index (κ3) is 2.55. The molecule has 1 atom stereocenters. The first kappa shape index (κ1) is 15.2. The zero-order valence-corrected chi connectivity index (χ0v) is 13.4. The first-order chi connectivity index (χ1) is 11.7. The van der Waals surface area contributed by atoms with Crippen molar-refractivity contribution in [1.29, 1.82) is 0 Å². The fourth-order valence-electron chi connectivity index (χ4n) is 3.16. The van der Waals surface area contributed by atoms with Gasteiger partial charge >= 0.3 is 0 Å². The van der Waals surface area contributed by atoms with Gasteiger partial charge in [-0.25, -0.2) is 9.97 Å². The fraction of sp³-hybridized carbons (Fsp3) is 0.412. The molecule has 3 heterocycles. The van der Waals surface area contributed by atoms with Crippen molar-refractivity contribution >= 4 is 5.95 Å². The van der Waals surface area contributed by atoms with Gasteiger partial charge in [0.25, 0.3) is 0 Å². The number of β-amino-alcohol motifs (C(OH)–C–C–N with tert-alkyl or cyclic N) is 1. The van der Waals surface area contributed by atoms with E-state index in [2.05, 4.69) is 9.97 Å². The van der Waals surface area contributed by atoms with Crippen molar-refractivity contribution in [3.05, 3.63) is 29.6 Å². The van der Waals surface area contributed by atoms with Crippen LogP contribution < -0.4 is 14.4 Å². The zero-order chi connectivity index (χ0) is 16.7. The Morgan fingerprint density at radius 2 is 2.04 bits per heavy atom. The molecule has 0 spiro atoms. The molecule has 2 aromatic rings. The summed E-state index contributed by atoms with van der Waals surface area (Å²) in [6.45, 7) is 3.32. The molecule has 2 aliphatic heterocycles. The molecular weight excluding hydrogens is 310 g/mol. The molecule has 1 aromatic carbocycles. The van der Waals surface area contributed by atoms with Crippen molar-refractivity contribution < 1.29 is 19.7 Å². The number of benzene rings is 1. The van der Waals surface area contributed by atoms with E-state index in [9.17, 15) is 10.2 Å². The summed E-state index contributed by atoms with van der Waals surface area (Å²) in [5.41, 5.74) is 3.25. The van der Waals surface area contributed by atoms with Crippen LogP contribution in [0.5, 0.6) is 11.5 Å². The third-order valence-corrected chi connectivity index (χ3v) is 4.47. The minimum absolute atomic E-state index is 0.106. The van der Waals surface area contributed by atoms with Crippen LogP contribution in [0.2, 0.25) is 0 Å². The number of aryl methyl sites for hydroxylation is 1. The maximum absolute atomic E-state index is 9.69. The predicted octanol–water partition coefficient (Wildman–Crippen LogP) is 1.24. The van der Waals surface area contributed by atoms with Crippen LogP contribution in [0.15, 0.2) is 18.3 Å². The van der Waals surface area contributed by atoms with Crippen LogP contribution in [-0.4, -0.2) is 46.2 Å². The van der Waals surface area contributed by atoms with Crippen LogP contribution >= 0.6 is 0 Å². The second-order valence-corrected chi connectivity index (χ2v) is 6.08. The Labute approximate surface area is 139 Å². The Balaban J connectivity index is 1.72. The molecule has 0 radical (unpaired) electrons. The maximum Gasteiger partial charge on any atom is 0.231 e. The minimum atomic E-state index is -0.316. The number of anilines is 1.